The van der Waals surface area contributed by atoms with Crippen LogP contribution in [0.5, 0.6) is 0 Å². The molecule has 0 radical (unpaired) electrons. The van der Waals surface area contributed by atoms with Crippen LogP contribution in [-0.2, 0) is 11.3 Å². The highest BCUT2D eigenvalue weighted by Gasteiger charge is 1.97. The average molecular weight is 258 g/mol. The van der Waals surface area contributed by atoms with E-state index in [1.165, 1.54) is 16.3 Å². The van der Waals surface area contributed by atoms with Crippen molar-refractivity contribution < 1.29 is 4.74 Å². The monoisotopic (exact) mass is 258 g/mol. The van der Waals surface area contributed by atoms with Crippen molar-refractivity contribution in [1.29, 1.82) is 0 Å². The summed E-state index contributed by atoms with van der Waals surface area (Å²) in [6, 6.07) is 8.52. The first kappa shape index (κ1) is 14.0. The number of aromatic nitrogens is 1. The second-order valence-electron chi connectivity index (χ2n) is 5.20. The van der Waals surface area contributed by atoms with Gasteiger partial charge in [0.25, 0.3) is 0 Å². The highest BCUT2D eigenvalue weighted by molar-refractivity contribution is 5.81. The third-order valence-electron chi connectivity index (χ3n) is 2.91. The van der Waals surface area contributed by atoms with E-state index in [2.05, 4.69) is 42.3 Å². The number of benzene rings is 1. The van der Waals surface area contributed by atoms with E-state index in [4.69, 9.17) is 4.74 Å². The number of hydrogen-bond acceptors (Lipinski definition) is 3. The highest BCUT2D eigenvalue weighted by Crippen LogP contribution is 2.14. The summed E-state index contributed by atoms with van der Waals surface area (Å²) in [4.78, 5) is 4.12. The molecule has 0 aliphatic heterocycles. The molecule has 0 unspecified atom stereocenters. The molecular weight excluding hydrogens is 236 g/mol. The molecule has 0 aliphatic rings. The van der Waals surface area contributed by atoms with E-state index in [1.807, 2.05) is 18.5 Å². The van der Waals surface area contributed by atoms with Crippen molar-refractivity contribution in [2.45, 2.75) is 20.4 Å². The topological polar surface area (TPSA) is 34.1 Å². The van der Waals surface area contributed by atoms with Gasteiger partial charge in [0.15, 0.2) is 0 Å². The molecule has 3 nitrogen and oxygen atoms in total. The molecule has 2 aromatic rings. The third-order valence-corrected chi connectivity index (χ3v) is 2.91. The molecule has 1 aromatic carbocycles. The van der Waals surface area contributed by atoms with E-state index in [-0.39, 0.29) is 0 Å². The molecule has 2 rings (SSSR count). The Labute approximate surface area is 115 Å². The molecule has 1 aromatic heterocycles. The van der Waals surface area contributed by atoms with Gasteiger partial charge in [-0.15, -0.1) is 0 Å². The van der Waals surface area contributed by atoms with E-state index in [1.54, 1.807) is 0 Å². The van der Waals surface area contributed by atoms with Gasteiger partial charge in [0.1, 0.15) is 0 Å². The number of hydrogen-bond donors (Lipinski definition) is 1. The Morgan fingerprint density at radius 2 is 2.11 bits per heavy atom. The third kappa shape index (κ3) is 4.62. The molecule has 1 heterocycles. The smallest absolute Gasteiger partial charge is 0.0591 e. The Hall–Kier alpha value is -1.45. The summed E-state index contributed by atoms with van der Waals surface area (Å²) in [5.41, 5.74) is 1.29. The predicted molar refractivity (Wildman–Crippen MR) is 79.1 cm³/mol. The van der Waals surface area contributed by atoms with Crippen LogP contribution in [0.1, 0.15) is 19.4 Å². The van der Waals surface area contributed by atoms with E-state index in [0.717, 1.165) is 26.3 Å². The zero-order valence-corrected chi connectivity index (χ0v) is 11.7. The molecule has 19 heavy (non-hydrogen) atoms. The van der Waals surface area contributed by atoms with Gasteiger partial charge in [-0.3, -0.25) is 4.98 Å². The lowest BCUT2D eigenvalue weighted by Crippen LogP contribution is -2.20. The average Bonchev–Trinajstić information content (AvgIpc) is 2.42. The molecule has 0 aliphatic carbocycles. The van der Waals surface area contributed by atoms with Crippen LogP contribution in [0.2, 0.25) is 0 Å². The van der Waals surface area contributed by atoms with Crippen LogP contribution in [0.25, 0.3) is 10.8 Å². The maximum absolute atomic E-state index is 5.53. The van der Waals surface area contributed by atoms with Gasteiger partial charge in [-0.25, -0.2) is 0 Å². The second kappa shape index (κ2) is 7.22. The number of rotatable bonds is 7. The molecule has 0 bridgehead atoms. The molecule has 0 fully saturated rings. The molecule has 0 saturated heterocycles. The van der Waals surface area contributed by atoms with Crippen LogP contribution < -0.4 is 5.32 Å². The van der Waals surface area contributed by atoms with Crippen molar-refractivity contribution in [2.75, 3.05) is 19.8 Å². The Morgan fingerprint density at radius 1 is 1.21 bits per heavy atom. The fraction of sp³-hybridized carbons (Fsp3) is 0.438. The Morgan fingerprint density at radius 3 is 2.95 bits per heavy atom. The zero-order chi connectivity index (χ0) is 13.5. The predicted octanol–water partition coefficient (Wildman–Crippen LogP) is 3.00. The number of pyridine rings is 1. The van der Waals surface area contributed by atoms with Gasteiger partial charge in [-0.05, 0) is 29.0 Å². The van der Waals surface area contributed by atoms with Crippen molar-refractivity contribution in [1.82, 2.24) is 10.3 Å². The molecule has 0 spiro atoms. The summed E-state index contributed by atoms with van der Waals surface area (Å²) in [7, 11) is 0. The summed E-state index contributed by atoms with van der Waals surface area (Å²) >= 11 is 0. The number of ether oxygens (including phenoxy) is 1. The fourth-order valence-corrected chi connectivity index (χ4v) is 1.94. The molecule has 0 atom stereocenters. The Balaban J connectivity index is 1.75. The summed E-state index contributed by atoms with van der Waals surface area (Å²) in [5, 5.41) is 5.83. The van der Waals surface area contributed by atoms with Gasteiger partial charge in [-0.2, -0.15) is 0 Å². The Bertz CT molecular complexity index is 511. The summed E-state index contributed by atoms with van der Waals surface area (Å²) < 4.78 is 5.53. The van der Waals surface area contributed by atoms with Crippen molar-refractivity contribution in [3.63, 3.8) is 0 Å². The first-order chi connectivity index (χ1) is 9.25. The Kier molecular flexibility index (Phi) is 5.31. The van der Waals surface area contributed by atoms with Crippen LogP contribution in [0.15, 0.2) is 36.7 Å². The molecule has 0 amide bonds. The van der Waals surface area contributed by atoms with Crippen molar-refractivity contribution in [3.8, 4) is 0 Å². The highest BCUT2D eigenvalue weighted by atomic mass is 16.5. The van der Waals surface area contributed by atoms with Crippen LogP contribution in [0.3, 0.4) is 0 Å². The molecule has 102 valence electrons. The first-order valence-electron chi connectivity index (χ1n) is 6.87. The van der Waals surface area contributed by atoms with E-state index in [0.29, 0.717) is 5.92 Å². The van der Waals surface area contributed by atoms with Gasteiger partial charge in [0, 0.05) is 37.5 Å². The normalized spacial score (nSPS) is 11.3. The minimum Gasteiger partial charge on any atom is -0.380 e. The lowest BCUT2D eigenvalue weighted by molar-refractivity contribution is 0.111. The minimum absolute atomic E-state index is 0.606. The van der Waals surface area contributed by atoms with Crippen LogP contribution in [-0.4, -0.2) is 24.7 Å². The van der Waals surface area contributed by atoms with Gasteiger partial charge < -0.3 is 10.1 Å². The van der Waals surface area contributed by atoms with Crippen LogP contribution >= 0.6 is 0 Å². The van der Waals surface area contributed by atoms with Crippen LogP contribution in [0, 0.1) is 5.92 Å². The van der Waals surface area contributed by atoms with Crippen molar-refractivity contribution in [3.05, 3.63) is 42.2 Å². The SMILES string of the molecule is CC(C)COCCNCc1ccc2cnccc2c1. The van der Waals surface area contributed by atoms with Crippen molar-refractivity contribution in [2.24, 2.45) is 5.92 Å². The first-order valence-corrected chi connectivity index (χ1v) is 6.87. The minimum atomic E-state index is 0.606. The standard InChI is InChI=1S/C16H22N2O/c1-13(2)12-19-8-7-18-10-14-3-4-16-11-17-6-5-15(16)9-14/h3-6,9,11,13,18H,7-8,10,12H2,1-2H3. The van der Waals surface area contributed by atoms with Gasteiger partial charge in [-0.1, -0.05) is 26.0 Å². The molecular formula is C16H22N2O. The number of nitrogens with one attached hydrogen (secondary N) is 1. The largest absolute Gasteiger partial charge is 0.380 e. The van der Waals surface area contributed by atoms with Gasteiger partial charge in [0.2, 0.25) is 0 Å². The molecule has 0 saturated carbocycles. The second-order valence-corrected chi connectivity index (χ2v) is 5.20. The summed E-state index contributed by atoms with van der Waals surface area (Å²) in [6.07, 6.45) is 3.73. The quantitative estimate of drug-likeness (QED) is 0.775. The zero-order valence-electron chi connectivity index (χ0n) is 11.7. The van der Waals surface area contributed by atoms with Crippen molar-refractivity contribution >= 4 is 10.8 Å². The lowest BCUT2D eigenvalue weighted by Gasteiger charge is -2.08. The summed E-state index contributed by atoms with van der Waals surface area (Å²) in [6.45, 7) is 7.71. The van der Waals surface area contributed by atoms with Gasteiger partial charge >= 0.3 is 0 Å². The number of fused-ring (bicyclic) bond motifs is 1. The van der Waals surface area contributed by atoms with E-state index >= 15 is 0 Å². The van der Waals surface area contributed by atoms with Gasteiger partial charge in [0.05, 0.1) is 6.61 Å². The summed E-state index contributed by atoms with van der Waals surface area (Å²) in [5.74, 6) is 0.606. The molecule has 3 heteroatoms. The fourth-order valence-electron chi connectivity index (χ4n) is 1.94. The van der Waals surface area contributed by atoms with Crippen LogP contribution in [0.4, 0.5) is 0 Å². The van der Waals surface area contributed by atoms with E-state index in [9.17, 15) is 0 Å². The maximum Gasteiger partial charge on any atom is 0.0591 e. The number of nitrogens with zero attached hydrogens (tertiary/aromatic N) is 1. The maximum atomic E-state index is 5.53. The van der Waals surface area contributed by atoms with E-state index < -0.39 is 0 Å². The molecule has 1 N–H and O–H groups in total. The lowest BCUT2D eigenvalue weighted by atomic mass is 10.1.